The van der Waals surface area contributed by atoms with Gasteiger partial charge in [-0.3, -0.25) is 4.79 Å². The van der Waals surface area contributed by atoms with Crippen LogP contribution in [0.2, 0.25) is 0 Å². The van der Waals surface area contributed by atoms with Gasteiger partial charge in [0.2, 0.25) is 5.91 Å². The van der Waals surface area contributed by atoms with Crippen molar-refractivity contribution in [2.24, 2.45) is 0 Å². The van der Waals surface area contributed by atoms with Gasteiger partial charge in [0.05, 0.1) is 17.7 Å². The van der Waals surface area contributed by atoms with Crippen molar-refractivity contribution >= 4 is 17.6 Å². The number of aliphatic hydroxyl groups excluding tert-OH is 1. The number of carboxylic acids is 1. The minimum absolute atomic E-state index is 0.118. The van der Waals surface area contributed by atoms with Gasteiger partial charge in [-0.2, -0.15) is 0 Å². The van der Waals surface area contributed by atoms with Crippen molar-refractivity contribution in [3.8, 4) is 0 Å². The van der Waals surface area contributed by atoms with E-state index in [2.05, 4.69) is 10.6 Å². The van der Waals surface area contributed by atoms with Crippen molar-refractivity contribution in [2.75, 3.05) is 11.9 Å². The molecular formula is C12H14N2O4. The molecule has 1 saturated heterocycles. The van der Waals surface area contributed by atoms with Gasteiger partial charge in [-0.15, -0.1) is 0 Å². The van der Waals surface area contributed by atoms with Crippen LogP contribution in [0.25, 0.3) is 0 Å². The third-order valence-electron chi connectivity index (χ3n) is 2.80. The first-order valence-corrected chi connectivity index (χ1v) is 5.62. The number of carbonyl (C=O) groups is 2. The third-order valence-corrected chi connectivity index (χ3v) is 2.80. The molecule has 0 radical (unpaired) electrons. The molecule has 1 fully saturated rings. The summed E-state index contributed by atoms with van der Waals surface area (Å²) in [5.74, 6) is -1.31. The summed E-state index contributed by atoms with van der Waals surface area (Å²) in [7, 11) is 0. The molecule has 1 aliphatic heterocycles. The second kappa shape index (κ2) is 5.16. The summed E-state index contributed by atoms with van der Waals surface area (Å²) in [5, 5.41) is 23.7. The van der Waals surface area contributed by atoms with Gasteiger partial charge in [0, 0.05) is 12.2 Å². The lowest BCUT2D eigenvalue weighted by Gasteiger charge is -2.11. The van der Waals surface area contributed by atoms with Crippen molar-refractivity contribution in [3.05, 3.63) is 29.8 Å². The molecule has 1 amide bonds. The molecule has 1 heterocycles. The van der Waals surface area contributed by atoms with Crippen LogP contribution in [0.1, 0.15) is 16.8 Å². The van der Waals surface area contributed by atoms with Crippen molar-refractivity contribution in [1.82, 2.24) is 5.32 Å². The maximum absolute atomic E-state index is 11.8. The first kappa shape index (κ1) is 12.5. The van der Waals surface area contributed by atoms with E-state index in [-0.39, 0.29) is 11.5 Å². The van der Waals surface area contributed by atoms with Crippen LogP contribution in [0, 0.1) is 0 Å². The maximum atomic E-state index is 11.8. The molecular weight excluding hydrogens is 236 g/mol. The average molecular weight is 250 g/mol. The number of hydrogen-bond donors (Lipinski definition) is 4. The molecule has 1 aromatic carbocycles. The van der Waals surface area contributed by atoms with Crippen LogP contribution >= 0.6 is 0 Å². The van der Waals surface area contributed by atoms with Gasteiger partial charge >= 0.3 is 5.97 Å². The van der Waals surface area contributed by atoms with Gasteiger partial charge < -0.3 is 20.8 Å². The molecule has 6 nitrogen and oxygen atoms in total. The van der Waals surface area contributed by atoms with E-state index in [0.29, 0.717) is 18.7 Å². The first-order valence-electron chi connectivity index (χ1n) is 5.62. The summed E-state index contributed by atoms with van der Waals surface area (Å²) in [6.45, 7) is 0.396. The van der Waals surface area contributed by atoms with Gasteiger partial charge in [0.25, 0.3) is 0 Å². The van der Waals surface area contributed by atoms with Crippen LogP contribution in [0.15, 0.2) is 24.3 Å². The summed E-state index contributed by atoms with van der Waals surface area (Å²) < 4.78 is 0. The zero-order valence-corrected chi connectivity index (χ0v) is 9.59. The van der Waals surface area contributed by atoms with Crippen molar-refractivity contribution in [1.29, 1.82) is 0 Å². The molecule has 18 heavy (non-hydrogen) atoms. The summed E-state index contributed by atoms with van der Waals surface area (Å²) in [6.07, 6.45) is -0.143. The second-order valence-electron chi connectivity index (χ2n) is 4.23. The van der Waals surface area contributed by atoms with E-state index in [0.717, 1.165) is 0 Å². The van der Waals surface area contributed by atoms with Crippen LogP contribution in [0.5, 0.6) is 0 Å². The quantitative estimate of drug-likeness (QED) is 0.607. The molecule has 2 atom stereocenters. The highest BCUT2D eigenvalue weighted by atomic mass is 16.4. The SMILES string of the molecule is O=C(O)c1cccc(NC(=O)[C@@H]2C[C@@H](O)CN2)c1. The Kier molecular flexibility index (Phi) is 3.59. The lowest BCUT2D eigenvalue weighted by Crippen LogP contribution is -2.35. The molecule has 0 unspecified atom stereocenters. The molecule has 4 N–H and O–H groups in total. The van der Waals surface area contributed by atoms with Crippen molar-refractivity contribution < 1.29 is 19.8 Å². The number of amides is 1. The molecule has 0 saturated carbocycles. The number of benzene rings is 1. The summed E-state index contributed by atoms with van der Waals surface area (Å²) in [6, 6.07) is 5.60. The number of hydrogen-bond acceptors (Lipinski definition) is 4. The highest BCUT2D eigenvalue weighted by molar-refractivity contribution is 5.96. The van der Waals surface area contributed by atoms with Gasteiger partial charge in [-0.05, 0) is 24.6 Å². The third kappa shape index (κ3) is 2.85. The van der Waals surface area contributed by atoms with Crippen LogP contribution in [-0.4, -0.2) is 40.8 Å². The molecule has 1 aromatic rings. The molecule has 0 spiro atoms. The van der Waals surface area contributed by atoms with E-state index in [1.54, 1.807) is 12.1 Å². The molecule has 0 bridgehead atoms. The Morgan fingerprint density at radius 2 is 2.17 bits per heavy atom. The fourth-order valence-corrected chi connectivity index (χ4v) is 1.88. The highest BCUT2D eigenvalue weighted by Gasteiger charge is 2.27. The zero-order chi connectivity index (χ0) is 13.1. The van der Waals surface area contributed by atoms with E-state index < -0.39 is 18.1 Å². The van der Waals surface area contributed by atoms with E-state index in [4.69, 9.17) is 5.11 Å². The molecule has 0 aromatic heterocycles. The van der Waals surface area contributed by atoms with Gasteiger partial charge in [-0.25, -0.2) is 4.79 Å². The monoisotopic (exact) mass is 250 g/mol. The Morgan fingerprint density at radius 3 is 2.78 bits per heavy atom. The van der Waals surface area contributed by atoms with Crippen molar-refractivity contribution in [3.63, 3.8) is 0 Å². The fourth-order valence-electron chi connectivity index (χ4n) is 1.88. The summed E-state index contributed by atoms with van der Waals surface area (Å²) in [5.41, 5.74) is 0.551. The Balaban J connectivity index is 2.03. The molecule has 1 aliphatic rings. The van der Waals surface area contributed by atoms with Crippen molar-refractivity contribution in [2.45, 2.75) is 18.6 Å². The van der Waals surface area contributed by atoms with E-state index in [1.165, 1.54) is 12.1 Å². The first-order chi connectivity index (χ1) is 8.56. The fraction of sp³-hybridized carbons (Fsp3) is 0.333. The number of aliphatic hydroxyl groups is 1. The number of β-amino-alcohol motifs (C(OH)–C–C–N with tert-alkyl or cyclic N) is 1. The molecule has 2 rings (SSSR count). The van der Waals surface area contributed by atoms with Gasteiger partial charge in [0.1, 0.15) is 0 Å². The second-order valence-corrected chi connectivity index (χ2v) is 4.23. The number of anilines is 1. The van der Waals surface area contributed by atoms with Gasteiger partial charge in [0.15, 0.2) is 0 Å². The van der Waals surface area contributed by atoms with Crippen LogP contribution < -0.4 is 10.6 Å². The number of nitrogens with one attached hydrogen (secondary N) is 2. The smallest absolute Gasteiger partial charge is 0.335 e. The minimum Gasteiger partial charge on any atom is -0.478 e. The topological polar surface area (TPSA) is 98.7 Å². The van der Waals surface area contributed by atoms with E-state index in [9.17, 15) is 14.7 Å². The number of aromatic carboxylic acids is 1. The van der Waals surface area contributed by atoms with Crippen LogP contribution in [0.3, 0.4) is 0 Å². The molecule has 0 aliphatic carbocycles. The average Bonchev–Trinajstić information content (AvgIpc) is 2.76. The summed E-state index contributed by atoms with van der Waals surface area (Å²) >= 11 is 0. The maximum Gasteiger partial charge on any atom is 0.335 e. The molecule has 6 heteroatoms. The predicted octanol–water partition coefficient (Wildman–Crippen LogP) is 0.0461. The number of carbonyl (C=O) groups excluding carboxylic acids is 1. The largest absolute Gasteiger partial charge is 0.478 e. The zero-order valence-electron chi connectivity index (χ0n) is 9.59. The van der Waals surface area contributed by atoms with E-state index in [1.807, 2.05) is 0 Å². The normalized spacial score (nSPS) is 22.7. The Labute approximate surface area is 104 Å². The number of carboxylic acid groups (broad SMARTS) is 1. The highest BCUT2D eigenvalue weighted by Crippen LogP contribution is 2.13. The standard InChI is InChI=1S/C12H14N2O4/c15-9-5-10(13-6-9)11(16)14-8-3-1-2-7(4-8)12(17)18/h1-4,9-10,13,15H,5-6H2,(H,14,16)(H,17,18)/t9-,10+/m1/s1. The Bertz CT molecular complexity index is 475. The lowest BCUT2D eigenvalue weighted by molar-refractivity contribution is -0.117. The van der Waals surface area contributed by atoms with Gasteiger partial charge in [-0.1, -0.05) is 6.07 Å². The lowest BCUT2D eigenvalue weighted by atomic mass is 10.1. The summed E-state index contributed by atoms with van der Waals surface area (Å²) in [4.78, 5) is 22.6. The molecule has 96 valence electrons. The Morgan fingerprint density at radius 1 is 1.39 bits per heavy atom. The van der Waals surface area contributed by atoms with Crippen LogP contribution in [0.4, 0.5) is 5.69 Å². The Hall–Kier alpha value is -1.92. The minimum atomic E-state index is -1.04. The number of rotatable bonds is 3. The van der Waals surface area contributed by atoms with Crippen LogP contribution in [-0.2, 0) is 4.79 Å². The predicted molar refractivity (Wildman–Crippen MR) is 64.4 cm³/mol. The van der Waals surface area contributed by atoms with E-state index >= 15 is 0 Å².